The van der Waals surface area contributed by atoms with E-state index >= 15 is 0 Å². The lowest BCUT2D eigenvalue weighted by Gasteiger charge is -2.37. The van der Waals surface area contributed by atoms with E-state index in [2.05, 4.69) is 47.9 Å². The molecule has 1 aromatic carbocycles. The third-order valence-electron chi connectivity index (χ3n) is 5.76. The number of aryl methyl sites for hydroxylation is 1. The molecule has 0 radical (unpaired) electrons. The van der Waals surface area contributed by atoms with Gasteiger partial charge in [0.1, 0.15) is 0 Å². The Kier molecular flexibility index (Phi) is 5.37. The first kappa shape index (κ1) is 16.5. The van der Waals surface area contributed by atoms with Crippen molar-refractivity contribution in [1.82, 2.24) is 9.80 Å². The molecule has 3 heteroatoms. The van der Waals surface area contributed by atoms with E-state index in [0.29, 0.717) is 17.9 Å². The van der Waals surface area contributed by atoms with Crippen LogP contribution in [0, 0.1) is 12.8 Å². The number of hydrogen-bond donors (Lipinski definition) is 0. The predicted octanol–water partition coefficient (Wildman–Crippen LogP) is 3.78. The number of amides is 1. The van der Waals surface area contributed by atoms with Crippen molar-refractivity contribution in [2.24, 2.45) is 5.92 Å². The number of nitrogens with zero attached hydrogens (tertiary/aromatic N) is 2. The minimum absolute atomic E-state index is 0.396. The van der Waals surface area contributed by atoms with Crippen LogP contribution in [0.2, 0.25) is 0 Å². The molecule has 2 fully saturated rings. The number of likely N-dealkylation sites (tertiary alicyclic amines) is 2. The average Bonchev–Trinajstić information content (AvgIpc) is 3.10. The van der Waals surface area contributed by atoms with E-state index in [9.17, 15) is 4.79 Å². The molecule has 126 valence electrons. The minimum Gasteiger partial charge on any atom is -0.343 e. The first-order valence-electron chi connectivity index (χ1n) is 9.22. The SMILES string of the molecule is Cc1ccccc1C(C)N1CCC(CC(=O)N2CCCC2)CC1. The Balaban J connectivity index is 1.50. The van der Waals surface area contributed by atoms with Gasteiger partial charge >= 0.3 is 0 Å². The minimum atomic E-state index is 0.396. The van der Waals surface area contributed by atoms with Gasteiger partial charge in [-0.25, -0.2) is 0 Å². The van der Waals surface area contributed by atoms with Crippen LogP contribution in [0.3, 0.4) is 0 Å². The van der Waals surface area contributed by atoms with Crippen LogP contribution in [0.5, 0.6) is 0 Å². The molecule has 0 saturated carbocycles. The second-order valence-electron chi connectivity index (χ2n) is 7.30. The summed E-state index contributed by atoms with van der Waals surface area (Å²) in [5.41, 5.74) is 2.82. The van der Waals surface area contributed by atoms with E-state index in [4.69, 9.17) is 0 Å². The Morgan fingerprint density at radius 2 is 1.78 bits per heavy atom. The number of carbonyl (C=O) groups is 1. The highest BCUT2D eigenvalue weighted by atomic mass is 16.2. The largest absolute Gasteiger partial charge is 0.343 e. The molecule has 1 amide bonds. The Hall–Kier alpha value is -1.35. The highest BCUT2D eigenvalue weighted by Gasteiger charge is 2.27. The van der Waals surface area contributed by atoms with Crippen LogP contribution in [-0.4, -0.2) is 41.9 Å². The van der Waals surface area contributed by atoms with Crippen molar-refractivity contribution in [3.63, 3.8) is 0 Å². The summed E-state index contributed by atoms with van der Waals surface area (Å²) in [7, 11) is 0. The number of benzene rings is 1. The van der Waals surface area contributed by atoms with E-state index in [0.717, 1.165) is 45.4 Å². The number of rotatable bonds is 4. The van der Waals surface area contributed by atoms with Crippen molar-refractivity contribution in [1.29, 1.82) is 0 Å². The molecule has 2 heterocycles. The number of carbonyl (C=O) groups excluding carboxylic acids is 1. The fourth-order valence-electron chi connectivity index (χ4n) is 4.14. The molecule has 23 heavy (non-hydrogen) atoms. The Morgan fingerprint density at radius 1 is 1.13 bits per heavy atom. The second-order valence-corrected chi connectivity index (χ2v) is 7.30. The molecule has 0 bridgehead atoms. The van der Waals surface area contributed by atoms with Gasteiger partial charge in [-0.3, -0.25) is 9.69 Å². The molecular formula is C20H30N2O. The molecule has 0 N–H and O–H groups in total. The van der Waals surface area contributed by atoms with Crippen molar-refractivity contribution < 1.29 is 4.79 Å². The van der Waals surface area contributed by atoms with Gasteiger partial charge in [-0.15, -0.1) is 0 Å². The fourth-order valence-corrected chi connectivity index (χ4v) is 4.14. The second kappa shape index (κ2) is 7.48. The Labute approximate surface area is 140 Å². The highest BCUT2D eigenvalue weighted by molar-refractivity contribution is 5.76. The lowest BCUT2D eigenvalue weighted by atomic mass is 9.91. The molecule has 3 rings (SSSR count). The van der Waals surface area contributed by atoms with Crippen LogP contribution in [-0.2, 0) is 4.79 Å². The van der Waals surface area contributed by atoms with Gasteiger partial charge in [0.25, 0.3) is 0 Å². The van der Waals surface area contributed by atoms with Crippen molar-refractivity contribution in [3.8, 4) is 0 Å². The van der Waals surface area contributed by atoms with Crippen molar-refractivity contribution in [2.75, 3.05) is 26.2 Å². The molecule has 3 nitrogen and oxygen atoms in total. The summed E-state index contributed by atoms with van der Waals surface area (Å²) < 4.78 is 0. The standard InChI is InChI=1S/C20H30N2O/c1-16-7-3-4-8-19(16)17(2)21-13-9-18(10-14-21)15-20(23)22-11-5-6-12-22/h3-4,7-8,17-18H,5-6,9-15H2,1-2H3. The van der Waals surface area contributed by atoms with Crippen molar-refractivity contribution in [3.05, 3.63) is 35.4 Å². The van der Waals surface area contributed by atoms with Gasteiger partial charge in [-0.05, 0) is 69.7 Å². The molecule has 1 unspecified atom stereocenters. The zero-order valence-corrected chi connectivity index (χ0v) is 14.6. The Morgan fingerprint density at radius 3 is 2.43 bits per heavy atom. The van der Waals surface area contributed by atoms with Crippen molar-refractivity contribution in [2.45, 2.75) is 52.0 Å². The predicted molar refractivity (Wildman–Crippen MR) is 94.3 cm³/mol. The van der Waals surface area contributed by atoms with Crippen LogP contribution in [0.1, 0.15) is 56.2 Å². The molecule has 0 aromatic heterocycles. The van der Waals surface area contributed by atoms with Gasteiger partial charge in [0.05, 0.1) is 0 Å². The molecule has 1 aromatic rings. The molecule has 2 aliphatic rings. The quantitative estimate of drug-likeness (QED) is 0.844. The summed E-state index contributed by atoms with van der Waals surface area (Å²) >= 11 is 0. The third kappa shape index (κ3) is 3.95. The van der Waals surface area contributed by atoms with Gasteiger partial charge < -0.3 is 4.90 Å². The van der Waals surface area contributed by atoms with Gasteiger partial charge in [-0.1, -0.05) is 24.3 Å². The third-order valence-corrected chi connectivity index (χ3v) is 5.76. The van der Waals surface area contributed by atoms with E-state index in [1.807, 2.05) is 0 Å². The van der Waals surface area contributed by atoms with E-state index in [1.165, 1.54) is 24.0 Å². The molecular weight excluding hydrogens is 284 g/mol. The molecule has 0 aliphatic carbocycles. The summed E-state index contributed by atoms with van der Waals surface area (Å²) in [4.78, 5) is 17.0. The Bertz CT molecular complexity index is 528. The highest BCUT2D eigenvalue weighted by Crippen LogP contribution is 2.30. The van der Waals surface area contributed by atoms with Gasteiger partial charge in [0.15, 0.2) is 0 Å². The summed E-state index contributed by atoms with van der Waals surface area (Å²) in [6.07, 6.45) is 5.48. The zero-order valence-electron chi connectivity index (χ0n) is 14.6. The van der Waals surface area contributed by atoms with E-state index in [-0.39, 0.29) is 0 Å². The summed E-state index contributed by atoms with van der Waals surface area (Å²) in [6, 6.07) is 9.18. The maximum Gasteiger partial charge on any atom is 0.222 e. The van der Waals surface area contributed by atoms with E-state index in [1.54, 1.807) is 0 Å². The lowest BCUT2D eigenvalue weighted by Crippen LogP contribution is -2.38. The topological polar surface area (TPSA) is 23.6 Å². The van der Waals surface area contributed by atoms with E-state index < -0.39 is 0 Å². The lowest BCUT2D eigenvalue weighted by molar-refractivity contribution is -0.131. The zero-order chi connectivity index (χ0) is 16.2. The maximum atomic E-state index is 12.3. The van der Waals surface area contributed by atoms with Gasteiger partial charge in [-0.2, -0.15) is 0 Å². The van der Waals surface area contributed by atoms with Gasteiger partial charge in [0, 0.05) is 25.6 Å². The number of piperidine rings is 1. The summed E-state index contributed by atoms with van der Waals surface area (Å²) in [5, 5.41) is 0. The maximum absolute atomic E-state index is 12.3. The van der Waals surface area contributed by atoms with Crippen molar-refractivity contribution >= 4 is 5.91 Å². The monoisotopic (exact) mass is 314 g/mol. The molecule has 2 aliphatic heterocycles. The van der Waals surface area contributed by atoms with Crippen LogP contribution in [0.25, 0.3) is 0 Å². The van der Waals surface area contributed by atoms with Crippen LogP contribution < -0.4 is 0 Å². The molecule has 0 spiro atoms. The first-order chi connectivity index (χ1) is 11.1. The first-order valence-corrected chi connectivity index (χ1v) is 9.22. The van der Waals surface area contributed by atoms with Crippen LogP contribution >= 0.6 is 0 Å². The average molecular weight is 314 g/mol. The summed E-state index contributed by atoms with van der Waals surface area (Å²) in [6.45, 7) is 8.73. The normalized spacial score (nSPS) is 21.6. The van der Waals surface area contributed by atoms with Crippen LogP contribution in [0.4, 0.5) is 0 Å². The van der Waals surface area contributed by atoms with Crippen LogP contribution in [0.15, 0.2) is 24.3 Å². The smallest absolute Gasteiger partial charge is 0.222 e. The molecule has 2 saturated heterocycles. The van der Waals surface area contributed by atoms with Gasteiger partial charge in [0.2, 0.25) is 5.91 Å². The molecule has 1 atom stereocenters. The number of hydrogen-bond acceptors (Lipinski definition) is 2. The summed E-state index contributed by atoms with van der Waals surface area (Å²) in [5.74, 6) is 0.983. The fraction of sp³-hybridized carbons (Fsp3) is 0.650.